The Kier molecular flexibility index (Phi) is 3.90. The summed E-state index contributed by atoms with van der Waals surface area (Å²) < 4.78 is 27.5. The fourth-order valence-corrected chi connectivity index (χ4v) is 2.97. The molecule has 1 aliphatic rings. The van der Waals surface area contributed by atoms with E-state index in [-0.39, 0.29) is 12.0 Å². The van der Waals surface area contributed by atoms with Crippen LogP contribution in [-0.4, -0.2) is 18.1 Å². The number of hydrogen-bond donors (Lipinski definition) is 1. The van der Waals surface area contributed by atoms with Crippen molar-refractivity contribution in [3.8, 4) is 0 Å². The molecule has 3 nitrogen and oxygen atoms in total. The van der Waals surface area contributed by atoms with E-state index < -0.39 is 23.5 Å². The lowest BCUT2D eigenvalue weighted by atomic mass is 9.83. The zero-order valence-electron chi connectivity index (χ0n) is 11.9. The van der Waals surface area contributed by atoms with E-state index in [4.69, 9.17) is 11.6 Å². The highest BCUT2D eigenvalue weighted by Gasteiger charge is 2.58. The first-order valence-electron chi connectivity index (χ1n) is 6.93. The van der Waals surface area contributed by atoms with Gasteiger partial charge < -0.3 is 5.32 Å². The van der Waals surface area contributed by atoms with Crippen molar-refractivity contribution in [1.82, 2.24) is 0 Å². The van der Waals surface area contributed by atoms with Gasteiger partial charge in [0.25, 0.3) is 6.43 Å². The minimum Gasteiger partial charge on any atom is -0.325 e. The van der Waals surface area contributed by atoms with E-state index in [0.717, 1.165) is 0 Å². The summed E-state index contributed by atoms with van der Waals surface area (Å²) in [6.45, 7) is 0. The molecular formula is C17H12ClF2NO2. The zero-order valence-corrected chi connectivity index (χ0v) is 12.6. The minimum absolute atomic E-state index is 0.123. The number of ketones is 1. The summed E-state index contributed by atoms with van der Waals surface area (Å²) in [6.07, 6.45) is -3.48. The summed E-state index contributed by atoms with van der Waals surface area (Å²) in [5.41, 5.74) is -1.56. The van der Waals surface area contributed by atoms with Gasteiger partial charge >= 0.3 is 0 Å². The summed E-state index contributed by atoms with van der Waals surface area (Å²) in [4.78, 5) is 25.0. The Bertz CT molecular complexity index is 779. The normalized spacial score (nSPS) is 19.7. The Labute approximate surface area is 136 Å². The number of benzene rings is 2. The highest BCUT2D eigenvalue weighted by Crippen LogP contribution is 2.43. The van der Waals surface area contributed by atoms with Gasteiger partial charge in [0.2, 0.25) is 5.91 Å². The second-order valence-corrected chi connectivity index (χ2v) is 5.84. The molecule has 0 bridgehead atoms. The van der Waals surface area contributed by atoms with Crippen LogP contribution in [-0.2, 0) is 11.2 Å². The van der Waals surface area contributed by atoms with Gasteiger partial charge in [-0.2, -0.15) is 0 Å². The maximum atomic E-state index is 13.7. The molecule has 0 radical (unpaired) electrons. The molecule has 0 spiro atoms. The predicted octanol–water partition coefficient (Wildman–Crippen LogP) is 3.97. The lowest BCUT2D eigenvalue weighted by molar-refractivity contribution is -0.130. The molecule has 1 N–H and O–H groups in total. The molecule has 1 aliphatic carbocycles. The third-order valence-corrected chi connectivity index (χ3v) is 4.23. The van der Waals surface area contributed by atoms with Crippen LogP contribution in [0.3, 0.4) is 0 Å². The lowest BCUT2D eigenvalue weighted by Crippen LogP contribution is -2.47. The number of carbonyl (C=O) groups is 2. The number of alkyl halides is 2. The van der Waals surface area contributed by atoms with Crippen LogP contribution in [0.4, 0.5) is 14.5 Å². The van der Waals surface area contributed by atoms with Crippen molar-refractivity contribution >= 4 is 29.0 Å². The van der Waals surface area contributed by atoms with Crippen LogP contribution in [0.1, 0.15) is 15.9 Å². The Balaban J connectivity index is 1.99. The second-order valence-electron chi connectivity index (χ2n) is 5.40. The van der Waals surface area contributed by atoms with Gasteiger partial charge in [-0.1, -0.05) is 29.8 Å². The Morgan fingerprint density at radius 3 is 2.52 bits per heavy atom. The maximum absolute atomic E-state index is 13.7. The number of amides is 1. The van der Waals surface area contributed by atoms with Crippen LogP contribution in [0.15, 0.2) is 48.5 Å². The van der Waals surface area contributed by atoms with Gasteiger partial charge in [0, 0.05) is 22.7 Å². The van der Waals surface area contributed by atoms with Crippen LogP contribution in [0, 0.1) is 5.41 Å². The van der Waals surface area contributed by atoms with E-state index >= 15 is 0 Å². The summed E-state index contributed by atoms with van der Waals surface area (Å²) in [5, 5.41) is 2.75. The monoisotopic (exact) mass is 335 g/mol. The molecule has 0 fully saturated rings. The third kappa shape index (κ3) is 2.51. The van der Waals surface area contributed by atoms with Crippen molar-refractivity contribution in [3.05, 3.63) is 64.7 Å². The van der Waals surface area contributed by atoms with E-state index in [1.165, 1.54) is 18.2 Å². The van der Waals surface area contributed by atoms with E-state index in [0.29, 0.717) is 16.3 Å². The van der Waals surface area contributed by atoms with Crippen molar-refractivity contribution in [2.45, 2.75) is 12.8 Å². The summed E-state index contributed by atoms with van der Waals surface area (Å²) in [6, 6.07) is 12.5. The van der Waals surface area contributed by atoms with E-state index in [2.05, 4.69) is 5.32 Å². The zero-order chi connectivity index (χ0) is 16.6. The largest absolute Gasteiger partial charge is 0.325 e. The lowest BCUT2D eigenvalue weighted by Gasteiger charge is -2.25. The average molecular weight is 336 g/mol. The van der Waals surface area contributed by atoms with E-state index in [1.54, 1.807) is 30.3 Å². The van der Waals surface area contributed by atoms with Crippen LogP contribution >= 0.6 is 11.6 Å². The number of para-hydroxylation sites is 1. The molecule has 23 heavy (non-hydrogen) atoms. The Hall–Kier alpha value is -2.27. The fraction of sp³-hybridized carbons (Fsp3) is 0.176. The first kappa shape index (κ1) is 15.6. The molecule has 2 aromatic carbocycles. The van der Waals surface area contributed by atoms with Crippen molar-refractivity contribution in [3.63, 3.8) is 0 Å². The van der Waals surface area contributed by atoms with Crippen LogP contribution < -0.4 is 5.32 Å². The first-order chi connectivity index (χ1) is 10.9. The van der Waals surface area contributed by atoms with E-state index in [1.807, 2.05) is 0 Å². The number of Topliss-reactive ketones (excluding diaryl/α,β-unsaturated/α-hetero) is 1. The molecule has 118 valence electrons. The Morgan fingerprint density at radius 1 is 1.17 bits per heavy atom. The number of halogens is 3. The third-order valence-electron chi connectivity index (χ3n) is 4.00. The van der Waals surface area contributed by atoms with Gasteiger partial charge in [-0.15, -0.1) is 0 Å². The van der Waals surface area contributed by atoms with Gasteiger partial charge in [0.1, 0.15) is 0 Å². The average Bonchev–Trinajstić information content (AvgIpc) is 2.81. The highest BCUT2D eigenvalue weighted by atomic mass is 35.5. The summed E-state index contributed by atoms with van der Waals surface area (Å²) >= 11 is 5.85. The van der Waals surface area contributed by atoms with Crippen LogP contribution in [0.25, 0.3) is 0 Å². The molecular weight excluding hydrogens is 324 g/mol. The summed E-state index contributed by atoms with van der Waals surface area (Å²) in [7, 11) is 0. The molecule has 3 rings (SSSR count). The van der Waals surface area contributed by atoms with Gasteiger partial charge in [-0.25, -0.2) is 8.78 Å². The van der Waals surface area contributed by atoms with Gasteiger partial charge in [-0.3, -0.25) is 9.59 Å². The molecule has 0 saturated carbocycles. The SMILES string of the molecule is O=C(Nc1ccccc1)C1(C(F)F)Cc2cc(Cl)ccc2C1=O. The number of fused-ring (bicyclic) bond motifs is 1. The molecule has 1 unspecified atom stereocenters. The number of carbonyl (C=O) groups excluding carboxylic acids is 2. The maximum Gasteiger partial charge on any atom is 0.260 e. The highest BCUT2D eigenvalue weighted by molar-refractivity contribution is 6.31. The molecule has 0 aromatic heterocycles. The van der Waals surface area contributed by atoms with Crippen molar-refractivity contribution in [2.75, 3.05) is 5.32 Å². The van der Waals surface area contributed by atoms with Crippen molar-refractivity contribution in [1.29, 1.82) is 0 Å². The molecule has 1 atom stereocenters. The summed E-state index contributed by atoms with van der Waals surface area (Å²) in [5.74, 6) is -1.87. The van der Waals surface area contributed by atoms with Gasteiger partial charge in [0.15, 0.2) is 11.2 Å². The molecule has 0 heterocycles. The predicted molar refractivity (Wildman–Crippen MR) is 83.0 cm³/mol. The molecule has 6 heteroatoms. The van der Waals surface area contributed by atoms with Gasteiger partial charge in [0.05, 0.1) is 0 Å². The van der Waals surface area contributed by atoms with Crippen LogP contribution in [0.2, 0.25) is 5.02 Å². The number of rotatable bonds is 3. The number of anilines is 1. The van der Waals surface area contributed by atoms with Crippen molar-refractivity contribution in [2.24, 2.45) is 5.41 Å². The Morgan fingerprint density at radius 2 is 1.87 bits per heavy atom. The smallest absolute Gasteiger partial charge is 0.260 e. The standard InChI is InChI=1S/C17H12ClF2NO2/c18-11-6-7-13-10(8-11)9-17(14(13)22,15(19)20)16(23)21-12-4-2-1-3-5-12/h1-8,15H,9H2,(H,21,23). The molecule has 0 aliphatic heterocycles. The molecule has 1 amide bonds. The van der Waals surface area contributed by atoms with Gasteiger partial charge in [-0.05, 0) is 35.9 Å². The van der Waals surface area contributed by atoms with Crippen LogP contribution in [0.5, 0.6) is 0 Å². The van der Waals surface area contributed by atoms with Crippen molar-refractivity contribution < 1.29 is 18.4 Å². The topological polar surface area (TPSA) is 46.2 Å². The first-order valence-corrected chi connectivity index (χ1v) is 7.31. The number of nitrogens with one attached hydrogen (secondary N) is 1. The second kappa shape index (κ2) is 5.74. The molecule has 2 aromatic rings. The van der Waals surface area contributed by atoms with E-state index in [9.17, 15) is 18.4 Å². The number of hydrogen-bond acceptors (Lipinski definition) is 2. The molecule has 0 saturated heterocycles. The minimum atomic E-state index is -3.12. The fourth-order valence-electron chi connectivity index (χ4n) is 2.77. The quantitative estimate of drug-likeness (QED) is 0.863.